The number of hydrogen-bond acceptors (Lipinski definition) is 8. The maximum absolute atomic E-state index is 12.3. The van der Waals surface area contributed by atoms with E-state index in [2.05, 4.69) is 9.69 Å². The molecule has 1 aliphatic heterocycles. The summed E-state index contributed by atoms with van der Waals surface area (Å²) in [7, 11) is -1.41. The largest absolute Gasteiger partial charge is 0.452 e. The van der Waals surface area contributed by atoms with Crippen molar-refractivity contribution in [2.45, 2.75) is 26.3 Å². The van der Waals surface area contributed by atoms with Crippen LogP contribution in [0.15, 0.2) is 0 Å². The van der Waals surface area contributed by atoms with Crippen LogP contribution in [0.3, 0.4) is 0 Å². The normalized spacial score (nSPS) is 19.0. The smallest absolute Gasteiger partial charge is 0.343 e. The molecule has 1 aromatic heterocycles. The van der Waals surface area contributed by atoms with Gasteiger partial charge in [-0.1, -0.05) is 0 Å². The number of aryl methyl sites for hydroxylation is 1. The van der Waals surface area contributed by atoms with Crippen molar-refractivity contribution in [2.24, 2.45) is 0 Å². The molecule has 0 radical (unpaired) electrons. The van der Waals surface area contributed by atoms with E-state index in [1.165, 1.54) is 4.90 Å². The summed E-state index contributed by atoms with van der Waals surface area (Å²) in [4.78, 5) is 26.0. The first-order valence-electron chi connectivity index (χ1n) is 7.60. The minimum Gasteiger partial charge on any atom is -0.452 e. The molecule has 24 heavy (non-hydrogen) atoms. The molecule has 0 aliphatic carbocycles. The van der Waals surface area contributed by atoms with E-state index in [4.69, 9.17) is 4.74 Å². The fraction of sp³-hybridized carbons (Fsp3) is 0.643. The Morgan fingerprint density at radius 2 is 2.17 bits per heavy atom. The summed E-state index contributed by atoms with van der Waals surface area (Å²) >= 11 is 1.15. The Balaban J connectivity index is 1.98. The molecular weight excluding hydrogens is 354 g/mol. The molecule has 1 N–H and O–H groups in total. The van der Waals surface area contributed by atoms with Gasteiger partial charge in [-0.25, -0.2) is 13.2 Å². The van der Waals surface area contributed by atoms with E-state index in [-0.39, 0.29) is 23.5 Å². The van der Waals surface area contributed by atoms with Gasteiger partial charge in [0.1, 0.15) is 10.6 Å². The average Bonchev–Trinajstić information content (AvgIpc) is 3.08. The molecule has 10 heteroatoms. The first-order valence-corrected chi connectivity index (χ1v) is 10.2. The second kappa shape index (κ2) is 7.47. The number of ether oxygens (including phenoxy) is 1. The number of sulfone groups is 1. The molecule has 2 rings (SSSR count). The Labute approximate surface area is 145 Å². The molecule has 1 aliphatic rings. The van der Waals surface area contributed by atoms with Gasteiger partial charge in [-0.2, -0.15) is 4.37 Å². The van der Waals surface area contributed by atoms with Crippen LogP contribution in [0.1, 0.15) is 29.4 Å². The second-order valence-electron chi connectivity index (χ2n) is 5.53. The third-order valence-electron chi connectivity index (χ3n) is 3.93. The van der Waals surface area contributed by atoms with E-state index >= 15 is 0 Å². The number of anilines is 1. The molecule has 0 bridgehead atoms. The van der Waals surface area contributed by atoms with Gasteiger partial charge in [-0.3, -0.25) is 4.79 Å². The van der Waals surface area contributed by atoms with Gasteiger partial charge in [-0.05, 0) is 31.8 Å². The van der Waals surface area contributed by atoms with Gasteiger partial charge >= 0.3 is 5.97 Å². The summed E-state index contributed by atoms with van der Waals surface area (Å²) < 4.78 is 32.3. The van der Waals surface area contributed by atoms with Crippen LogP contribution in [0, 0.1) is 6.92 Å². The number of aromatic nitrogens is 1. The van der Waals surface area contributed by atoms with E-state index in [1.54, 1.807) is 20.9 Å². The zero-order valence-electron chi connectivity index (χ0n) is 13.9. The molecule has 134 valence electrons. The molecule has 1 saturated heterocycles. The second-order valence-corrected chi connectivity index (χ2v) is 8.54. The van der Waals surface area contributed by atoms with Crippen molar-refractivity contribution in [1.29, 1.82) is 0 Å². The van der Waals surface area contributed by atoms with Gasteiger partial charge in [0.05, 0.1) is 17.2 Å². The number of esters is 1. The van der Waals surface area contributed by atoms with Crippen molar-refractivity contribution in [2.75, 3.05) is 37.0 Å². The van der Waals surface area contributed by atoms with E-state index in [0.29, 0.717) is 29.2 Å². The maximum atomic E-state index is 12.3. The highest BCUT2D eigenvalue weighted by Gasteiger charge is 2.34. The minimum absolute atomic E-state index is 0.0298. The van der Waals surface area contributed by atoms with E-state index in [1.807, 2.05) is 0 Å². The number of likely N-dealkylation sites (N-methyl/N-ethyl adjacent to an activating group) is 1. The number of amides is 1. The lowest BCUT2D eigenvalue weighted by atomic mass is 10.2. The fourth-order valence-corrected chi connectivity index (χ4v) is 5.19. The number of nitrogens with one attached hydrogen (secondary N) is 1. The molecule has 1 aromatic rings. The van der Waals surface area contributed by atoms with Crippen LogP contribution in [0.25, 0.3) is 0 Å². The summed E-state index contributed by atoms with van der Waals surface area (Å²) in [6.45, 7) is 3.42. The van der Waals surface area contributed by atoms with Gasteiger partial charge in [0, 0.05) is 19.6 Å². The van der Waals surface area contributed by atoms with Crippen LogP contribution >= 0.6 is 11.5 Å². The Morgan fingerprint density at radius 1 is 1.46 bits per heavy atom. The van der Waals surface area contributed by atoms with E-state index in [0.717, 1.165) is 11.5 Å². The van der Waals surface area contributed by atoms with Crippen molar-refractivity contribution < 1.29 is 22.7 Å². The quantitative estimate of drug-likeness (QED) is 0.729. The van der Waals surface area contributed by atoms with Crippen LogP contribution in [0.2, 0.25) is 0 Å². The lowest BCUT2D eigenvalue weighted by Crippen LogP contribution is -2.43. The number of rotatable bonds is 6. The predicted octanol–water partition coefficient (Wildman–Crippen LogP) is 0.686. The number of nitrogens with zero attached hydrogens (tertiary/aromatic N) is 2. The zero-order valence-corrected chi connectivity index (χ0v) is 15.5. The Kier molecular flexibility index (Phi) is 5.81. The van der Waals surface area contributed by atoms with Crippen molar-refractivity contribution in [3.63, 3.8) is 0 Å². The van der Waals surface area contributed by atoms with Crippen molar-refractivity contribution >= 4 is 38.2 Å². The molecule has 0 saturated carbocycles. The number of carbonyl (C=O) groups excluding carboxylic acids is 2. The van der Waals surface area contributed by atoms with Gasteiger partial charge in [-0.15, -0.1) is 0 Å². The summed E-state index contributed by atoms with van der Waals surface area (Å²) in [5.41, 5.74) is 0.859. The van der Waals surface area contributed by atoms with Crippen LogP contribution in [0.4, 0.5) is 5.00 Å². The highest BCUT2D eigenvalue weighted by Crippen LogP contribution is 2.24. The Hall–Kier alpha value is -1.68. The highest BCUT2D eigenvalue weighted by molar-refractivity contribution is 7.91. The minimum atomic E-state index is -3.08. The first-order chi connectivity index (χ1) is 11.3. The van der Waals surface area contributed by atoms with Crippen molar-refractivity contribution in [1.82, 2.24) is 9.27 Å². The number of hydrogen-bond donors (Lipinski definition) is 1. The standard InChI is InChI=1S/C14H21N3O5S2/c1-4-17(10-5-6-24(20,21)8-10)11(18)7-22-14(19)12-9(2)16-23-13(12)15-3/h10,15H,4-8H2,1-3H3. The molecule has 0 spiro atoms. The molecule has 1 atom stereocenters. The van der Waals surface area contributed by atoms with E-state index < -0.39 is 22.4 Å². The molecule has 1 fully saturated rings. The number of carbonyl (C=O) groups is 2. The molecular formula is C14H21N3O5S2. The summed E-state index contributed by atoms with van der Waals surface area (Å²) in [6, 6.07) is -0.344. The van der Waals surface area contributed by atoms with Gasteiger partial charge < -0.3 is 15.0 Å². The first kappa shape index (κ1) is 18.7. The van der Waals surface area contributed by atoms with E-state index in [9.17, 15) is 18.0 Å². The summed E-state index contributed by atoms with van der Waals surface area (Å²) in [6.07, 6.45) is 0.424. The van der Waals surface area contributed by atoms with Crippen LogP contribution in [0.5, 0.6) is 0 Å². The monoisotopic (exact) mass is 375 g/mol. The van der Waals surface area contributed by atoms with Crippen LogP contribution in [-0.4, -0.2) is 67.3 Å². The zero-order chi connectivity index (χ0) is 17.9. The van der Waals surface area contributed by atoms with Crippen molar-refractivity contribution in [3.05, 3.63) is 11.3 Å². The lowest BCUT2D eigenvalue weighted by molar-refractivity contribution is -0.136. The van der Waals surface area contributed by atoms with Gasteiger partial charge in [0.15, 0.2) is 16.4 Å². The van der Waals surface area contributed by atoms with Gasteiger partial charge in [0.2, 0.25) is 0 Å². The average molecular weight is 375 g/mol. The summed E-state index contributed by atoms with van der Waals surface area (Å²) in [5, 5.41) is 3.45. The third kappa shape index (κ3) is 4.04. The van der Waals surface area contributed by atoms with Crippen molar-refractivity contribution in [3.8, 4) is 0 Å². The molecule has 8 nitrogen and oxygen atoms in total. The Morgan fingerprint density at radius 3 is 2.71 bits per heavy atom. The van der Waals surface area contributed by atoms with Gasteiger partial charge in [0.25, 0.3) is 5.91 Å². The molecule has 0 aromatic carbocycles. The molecule has 1 unspecified atom stereocenters. The van der Waals surface area contributed by atoms with Crippen LogP contribution in [-0.2, 0) is 19.4 Å². The lowest BCUT2D eigenvalue weighted by Gasteiger charge is -2.26. The fourth-order valence-electron chi connectivity index (χ4n) is 2.72. The predicted molar refractivity (Wildman–Crippen MR) is 91.1 cm³/mol. The molecule has 1 amide bonds. The third-order valence-corrected chi connectivity index (χ3v) is 6.64. The summed E-state index contributed by atoms with van der Waals surface area (Å²) in [5.74, 6) is -0.946. The maximum Gasteiger partial charge on any atom is 0.343 e. The van der Waals surface area contributed by atoms with Crippen LogP contribution < -0.4 is 5.32 Å². The topological polar surface area (TPSA) is 106 Å². The Bertz CT molecular complexity index is 729. The highest BCUT2D eigenvalue weighted by atomic mass is 32.2. The molecule has 2 heterocycles. The SMILES string of the molecule is CCN(C(=O)COC(=O)c1c(C)nsc1NC)C1CCS(=O)(=O)C1.